The lowest BCUT2D eigenvalue weighted by atomic mass is 10.2. The number of rotatable bonds is 2. The van der Waals surface area contributed by atoms with E-state index in [1.807, 2.05) is 0 Å². The molecule has 0 aromatic rings. The smallest absolute Gasteiger partial charge is 0.314 e. The number of ether oxygens (including phenoxy) is 1. The van der Waals surface area contributed by atoms with Crippen LogP contribution in [0.1, 0.15) is 20.8 Å². The molecule has 0 bridgehead atoms. The second kappa shape index (κ2) is 3.72. The molecule has 0 heterocycles. The zero-order chi connectivity index (χ0) is 7.44. The van der Waals surface area contributed by atoms with Crippen LogP contribution in [0.4, 0.5) is 0 Å². The highest BCUT2D eigenvalue weighted by molar-refractivity contribution is 6.20. The van der Waals surface area contributed by atoms with Gasteiger partial charge in [-0.15, -0.1) is 0 Å². The molecule has 0 saturated heterocycles. The lowest BCUT2D eigenvalue weighted by Gasteiger charge is -2.06. The van der Waals surface area contributed by atoms with Gasteiger partial charge in [0, 0.05) is 0 Å². The minimum Gasteiger partial charge on any atom is -0.446 e. The minimum atomic E-state index is -0.535. The van der Waals surface area contributed by atoms with Crippen molar-refractivity contribution in [2.75, 3.05) is 0 Å². The topological polar surface area (TPSA) is 26.3 Å². The summed E-state index contributed by atoms with van der Waals surface area (Å²) in [5.41, 5.74) is -0.535. The summed E-state index contributed by atoms with van der Waals surface area (Å²) in [6, 6.07) is 0. The molecule has 0 amide bonds. The summed E-state index contributed by atoms with van der Waals surface area (Å²) < 4.78 is 4.60. The molecular formula is C6H10ClO2. The Balaban J connectivity index is 3.51. The normalized spacial score (nSPS) is 13.4. The number of esters is 1. The maximum absolute atomic E-state index is 10.6. The van der Waals surface area contributed by atoms with E-state index in [1.165, 1.54) is 0 Å². The third kappa shape index (κ3) is 4.28. The van der Waals surface area contributed by atoms with Crippen molar-refractivity contribution in [2.45, 2.75) is 26.3 Å². The first-order chi connectivity index (χ1) is 4.04. The van der Waals surface area contributed by atoms with Crippen LogP contribution >= 0.6 is 11.6 Å². The van der Waals surface area contributed by atoms with Gasteiger partial charge in [-0.3, -0.25) is 4.79 Å². The highest BCUT2D eigenvalue weighted by atomic mass is 35.5. The Morgan fingerprint density at radius 1 is 1.56 bits per heavy atom. The summed E-state index contributed by atoms with van der Waals surface area (Å²) in [7, 11) is 0. The molecule has 1 unspecified atom stereocenters. The molecule has 0 aliphatic carbocycles. The van der Waals surface area contributed by atoms with E-state index in [2.05, 4.69) is 4.74 Å². The van der Waals surface area contributed by atoms with Crippen LogP contribution in [0.5, 0.6) is 0 Å². The zero-order valence-electron chi connectivity index (χ0n) is 5.77. The lowest BCUT2D eigenvalue weighted by molar-refractivity contribution is -0.142. The maximum Gasteiger partial charge on any atom is 0.314 e. The second-order valence-corrected chi connectivity index (χ2v) is 2.56. The van der Waals surface area contributed by atoms with Crippen molar-refractivity contribution in [3.05, 3.63) is 5.92 Å². The van der Waals surface area contributed by atoms with Gasteiger partial charge in [-0.25, -0.2) is 0 Å². The molecule has 0 N–H and O–H groups in total. The fourth-order valence-electron chi connectivity index (χ4n) is 0.265. The van der Waals surface area contributed by atoms with Crippen LogP contribution < -0.4 is 0 Å². The van der Waals surface area contributed by atoms with Crippen LogP contribution in [0.3, 0.4) is 0 Å². The molecule has 0 spiro atoms. The second-order valence-electron chi connectivity index (χ2n) is 1.95. The zero-order valence-corrected chi connectivity index (χ0v) is 6.53. The molecule has 1 atom stereocenters. The molecule has 1 radical (unpaired) electrons. The Bertz CT molecular complexity index is 99.2. The van der Waals surface area contributed by atoms with Gasteiger partial charge in [0.05, 0.1) is 5.92 Å². The standard InChI is InChI=1S/C6H10ClO2/c1-4(2)6(8)9-5(3)7/h5H,1-3H3. The van der Waals surface area contributed by atoms with E-state index < -0.39 is 5.56 Å². The number of carbonyl (C=O) groups is 1. The first-order valence-corrected chi connectivity index (χ1v) is 3.13. The average molecular weight is 150 g/mol. The third-order valence-electron chi connectivity index (χ3n) is 0.678. The Morgan fingerprint density at radius 3 is 2.11 bits per heavy atom. The quantitative estimate of drug-likeness (QED) is 0.442. The molecular weight excluding hydrogens is 140 g/mol. The third-order valence-corrected chi connectivity index (χ3v) is 0.767. The molecule has 2 nitrogen and oxygen atoms in total. The fourth-order valence-corrected chi connectivity index (χ4v) is 0.346. The fraction of sp³-hybridized carbons (Fsp3) is 0.667. The van der Waals surface area contributed by atoms with Gasteiger partial charge in [0.15, 0.2) is 5.56 Å². The van der Waals surface area contributed by atoms with E-state index in [0.29, 0.717) is 5.92 Å². The van der Waals surface area contributed by atoms with Crippen LogP contribution in [0.15, 0.2) is 0 Å². The summed E-state index contributed by atoms with van der Waals surface area (Å²) in [6.45, 7) is 4.96. The van der Waals surface area contributed by atoms with Gasteiger partial charge in [0.25, 0.3) is 0 Å². The van der Waals surface area contributed by atoms with Crippen LogP contribution in [0, 0.1) is 5.92 Å². The predicted octanol–water partition coefficient (Wildman–Crippen LogP) is 1.73. The SMILES string of the molecule is C[C](C)C(=O)OC(C)Cl. The summed E-state index contributed by atoms with van der Waals surface area (Å²) >= 11 is 5.36. The Labute approximate surface area is 60.1 Å². The van der Waals surface area contributed by atoms with E-state index in [0.717, 1.165) is 0 Å². The van der Waals surface area contributed by atoms with E-state index in [9.17, 15) is 4.79 Å². The highest BCUT2D eigenvalue weighted by Crippen LogP contribution is 2.03. The number of carbonyl (C=O) groups excluding carboxylic acids is 1. The minimum absolute atomic E-state index is 0.336. The van der Waals surface area contributed by atoms with Crippen LogP contribution in [0.2, 0.25) is 0 Å². The lowest BCUT2D eigenvalue weighted by Crippen LogP contribution is -2.13. The maximum atomic E-state index is 10.6. The van der Waals surface area contributed by atoms with Gasteiger partial charge in [0.2, 0.25) is 0 Å². The Kier molecular flexibility index (Phi) is 3.62. The van der Waals surface area contributed by atoms with Crippen molar-refractivity contribution in [3.8, 4) is 0 Å². The molecule has 0 aliphatic rings. The van der Waals surface area contributed by atoms with Crippen molar-refractivity contribution >= 4 is 17.6 Å². The summed E-state index contributed by atoms with van der Waals surface area (Å²) in [5, 5.41) is 0. The largest absolute Gasteiger partial charge is 0.446 e. The van der Waals surface area contributed by atoms with Crippen molar-refractivity contribution in [1.29, 1.82) is 0 Å². The predicted molar refractivity (Wildman–Crippen MR) is 36.0 cm³/mol. The highest BCUT2D eigenvalue weighted by Gasteiger charge is 2.10. The molecule has 53 valence electrons. The van der Waals surface area contributed by atoms with Gasteiger partial charge in [-0.2, -0.15) is 0 Å². The van der Waals surface area contributed by atoms with Gasteiger partial charge in [-0.05, 0) is 20.8 Å². The van der Waals surface area contributed by atoms with E-state index in [4.69, 9.17) is 11.6 Å². The summed E-state index contributed by atoms with van der Waals surface area (Å²) in [4.78, 5) is 10.6. The van der Waals surface area contributed by atoms with Gasteiger partial charge in [0.1, 0.15) is 0 Å². The van der Waals surface area contributed by atoms with Crippen LogP contribution in [0.25, 0.3) is 0 Å². The summed E-state index contributed by atoms with van der Waals surface area (Å²) in [5.74, 6) is 0.278. The average Bonchev–Trinajstić information content (AvgIpc) is 1.63. The Morgan fingerprint density at radius 2 is 2.00 bits per heavy atom. The molecule has 0 aliphatic heterocycles. The number of hydrogen-bond acceptors (Lipinski definition) is 2. The van der Waals surface area contributed by atoms with Gasteiger partial charge < -0.3 is 4.74 Å². The van der Waals surface area contributed by atoms with Crippen molar-refractivity contribution in [3.63, 3.8) is 0 Å². The van der Waals surface area contributed by atoms with E-state index in [1.54, 1.807) is 20.8 Å². The van der Waals surface area contributed by atoms with Crippen molar-refractivity contribution in [1.82, 2.24) is 0 Å². The van der Waals surface area contributed by atoms with Crippen LogP contribution in [-0.2, 0) is 9.53 Å². The van der Waals surface area contributed by atoms with E-state index in [-0.39, 0.29) is 5.97 Å². The van der Waals surface area contributed by atoms with Gasteiger partial charge in [-0.1, -0.05) is 11.6 Å². The number of halogens is 1. The Hall–Kier alpha value is -0.240. The monoisotopic (exact) mass is 149 g/mol. The molecule has 0 rings (SSSR count). The number of alkyl halides is 1. The van der Waals surface area contributed by atoms with Crippen molar-refractivity contribution in [2.24, 2.45) is 0 Å². The first kappa shape index (κ1) is 8.76. The molecule has 0 saturated carbocycles. The molecule has 3 heteroatoms. The molecule has 0 aromatic carbocycles. The van der Waals surface area contributed by atoms with Crippen LogP contribution in [-0.4, -0.2) is 11.5 Å². The van der Waals surface area contributed by atoms with Crippen molar-refractivity contribution < 1.29 is 9.53 Å². The summed E-state index contributed by atoms with van der Waals surface area (Å²) in [6.07, 6.45) is 0. The number of hydrogen-bond donors (Lipinski definition) is 0. The molecule has 0 fully saturated rings. The van der Waals surface area contributed by atoms with E-state index >= 15 is 0 Å². The molecule has 0 aromatic heterocycles. The molecule has 9 heavy (non-hydrogen) atoms. The van der Waals surface area contributed by atoms with Gasteiger partial charge >= 0.3 is 5.97 Å². The first-order valence-electron chi connectivity index (χ1n) is 2.69.